The van der Waals surface area contributed by atoms with Gasteiger partial charge in [-0.1, -0.05) is 12.8 Å². The first-order valence-corrected chi connectivity index (χ1v) is 13.0. The van der Waals surface area contributed by atoms with Gasteiger partial charge in [0.15, 0.2) is 0 Å². The Morgan fingerprint density at radius 2 is 1.95 bits per heavy atom. The van der Waals surface area contributed by atoms with E-state index in [4.69, 9.17) is 28.4 Å². The fraction of sp³-hybridized carbons (Fsp3) is 0.630. The summed E-state index contributed by atoms with van der Waals surface area (Å²) in [6.07, 6.45) is 1.74. The van der Waals surface area contributed by atoms with Crippen LogP contribution in [0.3, 0.4) is 0 Å². The van der Waals surface area contributed by atoms with Gasteiger partial charge in [-0.25, -0.2) is 9.88 Å². The van der Waals surface area contributed by atoms with Crippen LogP contribution in [0.4, 0.5) is 13.2 Å². The highest BCUT2D eigenvalue weighted by molar-refractivity contribution is 5.27. The Morgan fingerprint density at radius 1 is 1.10 bits per heavy atom. The maximum absolute atomic E-state index is 13.0. The number of halogens is 3. The molecule has 0 spiro atoms. The van der Waals surface area contributed by atoms with Crippen LogP contribution in [0.1, 0.15) is 30.5 Å². The summed E-state index contributed by atoms with van der Waals surface area (Å²) in [6, 6.07) is 5.70. The van der Waals surface area contributed by atoms with Crippen molar-refractivity contribution in [3.8, 4) is 11.6 Å². The number of alkyl halides is 3. The summed E-state index contributed by atoms with van der Waals surface area (Å²) in [7, 11) is 3.15. The van der Waals surface area contributed by atoms with Gasteiger partial charge in [0.05, 0.1) is 24.8 Å². The van der Waals surface area contributed by atoms with Gasteiger partial charge in [0.2, 0.25) is 5.88 Å². The molecule has 2 aromatic rings. The molecule has 214 valence electrons. The Hall–Kier alpha value is -2.51. The van der Waals surface area contributed by atoms with Crippen LogP contribution >= 0.6 is 0 Å². The zero-order valence-corrected chi connectivity index (χ0v) is 22.1. The molecule has 0 aromatic carbocycles. The summed E-state index contributed by atoms with van der Waals surface area (Å²) in [5, 5.41) is 0. The van der Waals surface area contributed by atoms with Crippen molar-refractivity contribution in [1.29, 1.82) is 0 Å². The van der Waals surface area contributed by atoms with Gasteiger partial charge in [-0.15, -0.1) is 0 Å². The Morgan fingerprint density at radius 3 is 2.64 bits per heavy atom. The third kappa shape index (κ3) is 6.63. The van der Waals surface area contributed by atoms with Crippen LogP contribution < -0.4 is 9.47 Å². The van der Waals surface area contributed by atoms with Crippen molar-refractivity contribution in [2.24, 2.45) is 11.3 Å². The van der Waals surface area contributed by atoms with E-state index in [2.05, 4.69) is 9.97 Å². The highest BCUT2D eigenvalue weighted by Gasteiger charge is 2.69. The predicted molar refractivity (Wildman–Crippen MR) is 132 cm³/mol. The summed E-state index contributed by atoms with van der Waals surface area (Å²) < 4.78 is 73.4. The number of aromatic nitrogens is 2. The minimum atomic E-state index is -4.47. The predicted octanol–water partition coefficient (Wildman–Crippen LogP) is 3.92. The molecular weight excluding hydrogens is 519 g/mol. The van der Waals surface area contributed by atoms with Crippen LogP contribution in [0.15, 0.2) is 36.7 Å². The SMILES string of the molecule is COCOC[C@@]1(Cc2cc(OCCC3CC3)ccn2)C2OC2N(COC)[C@H]1COc1ccc(C(F)(F)F)cn1. The van der Waals surface area contributed by atoms with Crippen molar-refractivity contribution in [3.63, 3.8) is 0 Å². The molecule has 9 nitrogen and oxygen atoms in total. The number of nitrogens with zero attached hydrogens (tertiary/aromatic N) is 3. The van der Waals surface area contributed by atoms with E-state index in [0.717, 1.165) is 36.0 Å². The molecule has 2 unspecified atom stereocenters. The van der Waals surface area contributed by atoms with Crippen LogP contribution in [-0.4, -0.2) is 80.8 Å². The number of methoxy groups -OCH3 is 2. The molecule has 39 heavy (non-hydrogen) atoms. The van der Waals surface area contributed by atoms with Crippen LogP contribution in [-0.2, 0) is 31.5 Å². The molecule has 0 radical (unpaired) electrons. The van der Waals surface area contributed by atoms with E-state index in [1.165, 1.54) is 18.9 Å². The lowest BCUT2D eigenvalue weighted by Crippen LogP contribution is -2.52. The van der Waals surface area contributed by atoms with E-state index < -0.39 is 17.2 Å². The van der Waals surface area contributed by atoms with E-state index >= 15 is 0 Å². The zero-order chi connectivity index (χ0) is 27.5. The molecule has 2 aromatic heterocycles. The van der Waals surface area contributed by atoms with Gasteiger partial charge in [-0.05, 0) is 24.5 Å². The highest BCUT2D eigenvalue weighted by Crippen LogP contribution is 2.54. The quantitative estimate of drug-likeness (QED) is 0.185. The summed E-state index contributed by atoms with van der Waals surface area (Å²) in [5.74, 6) is 1.63. The molecule has 0 N–H and O–H groups in total. The van der Waals surface area contributed by atoms with E-state index in [1.54, 1.807) is 20.4 Å². The Bertz CT molecular complexity index is 1090. The monoisotopic (exact) mass is 553 g/mol. The zero-order valence-electron chi connectivity index (χ0n) is 22.1. The van der Waals surface area contributed by atoms with Gasteiger partial charge in [-0.2, -0.15) is 13.2 Å². The molecule has 5 rings (SSSR count). The van der Waals surface area contributed by atoms with Gasteiger partial charge in [0.1, 0.15) is 38.2 Å². The van der Waals surface area contributed by atoms with Crippen molar-refractivity contribution in [1.82, 2.24) is 14.9 Å². The lowest BCUT2D eigenvalue weighted by molar-refractivity contribution is -0.137. The van der Waals surface area contributed by atoms with E-state index in [9.17, 15) is 13.2 Å². The van der Waals surface area contributed by atoms with E-state index in [0.29, 0.717) is 13.0 Å². The number of fused-ring (bicyclic) bond motifs is 1. The standard InChI is InChI=1S/C27H34F3N3O6/c1-34-16-33-22(14-38-23-6-5-19(13-32-23)27(28,29)30)26(15-36-17-35-2,24-25(33)39-24)12-20-11-21(7-9-31-20)37-10-8-18-3-4-18/h5-7,9,11,13,18,22,24-25H,3-4,8,10,12,14-17H2,1-2H3/t22-,24?,25?,26+/m0/s1. The first-order valence-electron chi connectivity index (χ1n) is 13.0. The molecule has 2 saturated heterocycles. The molecular formula is C27H34F3N3O6. The topological polar surface area (TPSA) is 87.7 Å². The van der Waals surface area contributed by atoms with Crippen molar-refractivity contribution in [2.45, 2.75) is 50.2 Å². The second kappa shape index (κ2) is 11.9. The normalized spacial score (nSPS) is 26.4. The lowest BCUT2D eigenvalue weighted by atomic mass is 9.76. The molecule has 2 aliphatic heterocycles. The molecule has 0 amide bonds. The number of pyridine rings is 2. The fourth-order valence-electron chi connectivity index (χ4n) is 5.34. The highest BCUT2D eigenvalue weighted by atomic mass is 19.4. The van der Waals surface area contributed by atoms with Crippen LogP contribution in [0.2, 0.25) is 0 Å². The van der Waals surface area contributed by atoms with Crippen molar-refractivity contribution < 1.29 is 41.6 Å². The molecule has 4 heterocycles. The number of ether oxygens (including phenoxy) is 6. The van der Waals surface area contributed by atoms with Gasteiger partial charge in [-0.3, -0.25) is 4.98 Å². The average Bonchev–Trinajstić information content (AvgIpc) is 3.83. The number of hydrogen-bond donors (Lipinski definition) is 0. The van der Waals surface area contributed by atoms with Crippen molar-refractivity contribution >= 4 is 0 Å². The average molecular weight is 554 g/mol. The van der Waals surface area contributed by atoms with Gasteiger partial charge in [0.25, 0.3) is 0 Å². The lowest BCUT2D eigenvalue weighted by Gasteiger charge is -2.39. The second-order valence-electron chi connectivity index (χ2n) is 10.3. The van der Waals surface area contributed by atoms with E-state index in [1.807, 2.05) is 17.0 Å². The van der Waals surface area contributed by atoms with Gasteiger partial charge in [0, 0.05) is 56.3 Å². The molecule has 1 aliphatic carbocycles. The largest absolute Gasteiger partial charge is 0.493 e. The number of epoxide rings is 1. The molecule has 3 aliphatic rings. The Kier molecular flexibility index (Phi) is 8.57. The van der Waals surface area contributed by atoms with Gasteiger partial charge >= 0.3 is 6.18 Å². The van der Waals surface area contributed by atoms with Crippen LogP contribution in [0, 0.1) is 11.3 Å². The maximum atomic E-state index is 13.0. The summed E-state index contributed by atoms with van der Waals surface area (Å²) in [6.45, 7) is 1.45. The fourth-order valence-corrected chi connectivity index (χ4v) is 5.34. The van der Waals surface area contributed by atoms with Crippen LogP contribution in [0.25, 0.3) is 0 Å². The van der Waals surface area contributed by atoms with Crippen molar-refractivity contribution in [3.05, 3.63) is 47.9 Å². The molecule has 4 atom stereocenters. The van der Waals surface area contributed by atoms with Crippen molar-refractivity contribution in [2.75, 3.05) is 47.6 Å². The minimum Gasteiger partial charge on any atom is -0.493 e. The summed E-state index contributed by atoms with van der Waals surface area (Å²) in [5.41, 5.74) is -0.627. The number of hydrogen-bond acceptors (Lipinski definition) is 9. The first kappa shape index (κ1) is 28.0. The summed E-state index contributed by atoms with van der Waals surface area (Å²) >= 11 is 0. The Labute approximate surface area is 225 Å². The minimum absolute atomic E-state index is 0.0925. The Balaban J connectivity index is 1.36. The molecule has 3 fully saturated rings. The third-order valence-electron chi connectivity index (χ3n) is 7.52. The summed E-state index contributed by atoms with van der Waals surface area (Å²) in [4.78, 5) is 10.5. The van der Waals surface area contributed by atoms with Crippen LogP contribution in [0.5, 0.6) is 11.6 Å². The number of likely N-dealkylation sites (tertiary alicyclic amines) is 1. The third-order valence-corrected chi connectivity index (χ3v) is 7.52. The molecule has 1 saturated carbocycles. The molecule has 12 heteroatoms. The smallest absolute Gasteiger partial charge is 0.417 e. The first-order chi connectivity index (χ1) is 18.8. The number of rotatable bonds is 15. The maximum Gasteiger partial charge on any atom is 0.417 e. The van der Waals surface area contributed by atoms with E-state index in [-0.39, 0.29) is 51.0 Å². The molecule has 0 bridgehead atoms. The second-order valence-corrected chi connectivity index (χ2v) is 10.3. The van der Waals surface area contributed by atoms with Gasteiger partial charge < -0.3 is 28.4 Å².